The predicted molar refractivity (Wildman–Crippen MR) is 89.6 cm³/mol. The number of halogens is 3. The molecule has 0 saturated carbocycles. The highest BCUT2D eigenvalue weighted by Gasteiger charge is 2.29. The molecule has 2 aromatic carbocycles. The van der Waals surface area contributed by atoms with Crippen LogP contribution in [0.3, 0.4) is 0 Å². The molecule has 24 heavy (non-hydrogen) atoms. The predicted octanol–water partition coefficient (Wildman–Crippen LogP) is 5.40. The maximum Gasteiger partial charge on any atom is 0.416 e. The van der Waals surface area contributed by atoms with Crippen LogP contribution in [0.1, 0.15) is 11.1 Å². The molecular weight excluding hydrogens is 333 g/mol. The van der Waals surface area contributed by atoms with Crippen LogP contribution in [-0.4, -0.2) is 9.55 Å². The Morgan fingerprint density at radius 3 is 2.29 bits per heavy atom. The minimum Gasteiger partial charge on any atom is -0.322 e. The second-order valence-corrected chi connectivity index (χ2v) is 6.28. The van der Waals surface area contributed by atoms with Gasteiger partial charge in [0.05, 0.1) is 17.5 Å². The highest BCUT2D eigenvalue weighted by molar-refractivity contribution is 7.98. The Morgan fingerprint density at radius 1 is 1.00 bits per heavy atom. The molecule has 0 aliphatic carbocycles. The van der Waals surface area contributed by atoms with Crippen LogP contribution < -0.4 is 0 Å². The third kappa shape index (κ3) is 3.64. The van der Waals surface area contributed by atoms with E-state index in [-0.39, 0.29) is 0 Å². The summed E-state index contributed by atoms with van der Waals surface area (Å²) in [6.45, 7) is 0. The van der Waals surface area contributed by atoms with E-state index >= 15 is 0 Å². The molecule has 0 N–H and O–H groups in total. The molecule has 0 amide bonds. The van der Waals surface area contributed by atoms with Gasteiger partial charge in [0.1, 0.15) is 0 Å². The number of benzene rings is 2. The highest BCUT2D eigenvalue weighted by atomic mass is 32.2. The van der Waals surface area contributed by atoms with Crippen molar-refractivity contribution in [3.63, 3.8) is 0 Å². The van der Waals surface area contributed by atoms with Crippen molar-refractivity contribution in [2.75, 3.05) is 0 Å². The lowest BCUT2D eigenvalue weighted by atomic mass is 10.1. The van der Waals surface area contributed by atoms with Gasteiger partial charge in [-0.2, -0.15) is 13.2 Å². The molecule has 0 atom stereocenters. The van der Waals surface area contributed by atoms with Crippen molar-refractivity contribution >= 4 is 11.8 Å². The fourth-order valence-electron chi connectivity index (χ4n) is 2.34. The zero-order chi connectivity index (χ0) is 17.2. The third-order valence-corrected chi connectivity index (χ3v) is 4.78. The maximum atomic E-state index is 12.6. The second-order valence-electron chi connectivity index (χ2n) is 5.33. The molecule has 3 rings (SSSR count). The van der Waals surface area contributed by atoms with E-state index in [9.17, 15) is 13.2 Å². The van der Waals surface area contributed by atoms with Crippen LogP contribution in [0.25, 0.3) is 11.3 Å². The second kappa shape index (κ2) is 6.73. The van der Waals surface area contributed by atoms with E-state index in [0.29, 0.717) is 5.75 Å². The first kappa shape index (κ1) is 16.6. The number of aromatic nitrogens is 2. The van der Waals surface area contributed by atoms with E-state index in [4.69, 9.17) is 0 Å². The van der Waals surface area contributed by atoms with Gasteiger partial charge in [-0.3, -0.25) is 0 Å². The summed E-state index contributed by atoms with van der Waals surface area (Å²) in [7, 11) is 1.93. The van der Waals surface area contributed by atoms with Gasteiger partial charge in [-0.1, -0.05) is 54.2 Å². The number of hydrogen-bond donors (Lipinski definition) is 0. The Kier molecular flexibility index (Phi) is 4.66. The van der Waals surface area contributed by atoms with Gasteiger partial charge in [0.15, 0.2) is 5.16 Å². The minimum atomic E-state index is -4.30. The molecule has 1 aromatic heterocycles. The molecule has 0 unspecified atom stereocenters. The fraction of sp³-hybridized carbons (Fsp3) is 0.167. The smallest absolute Gasteiger partial charge is 0.322 e. The van der Waals surface area contributed by atoms with E-state index in [1.54, 1.807) is 0 Å². The van der Waals surface area contributed by atoms with Crippen LogP contribution in [0.15, 0.2) is 66.0 Å². The van der Waals surface area contributed by atoms with E-state index < -0.39 is 11.7 Å². The lowest BCUT2D eigenvalue weighted by Gasteiger charge is -2.08. The summed E-state index contributed by atoms with van der Waals surface area (Å²) >= 11 is 1.50. The van der Waals surface area contributed by atoms with Crippen LogP contribution >= 0.6 is 11.8 Å². The molecule has 6 heteroatoms. The molecule has 0 saturated heterocycles. The molecule has 0 aliphatic rings. The molecule has 0 radical (unpaired) electrons. The normalized spacial score (nSPS) is 11.7. The van der Waals surface area contributed by atoms with Gasteiger partial charge in [-0.25, -0.2) is 4.98 Å². The molecule has 0 fully saturated rings. The summed E-state index contributed by atoms with van der Waals surface area (Å²) in [6.07, 6.45) is -2.49. The molecule has 1 heterocycles. The summed E-state index contributed by atoms with van der Waals surface area (Å²) in [4.78, 5) is 4.41. The van der Waals surface area contributed by atoms with Gasteiger partial charge in [0.2, 0.25) is 0 Å². The highest BCUT2D eigenvalue weighted by Crippen LogP contribution is 2.31. The monoisotopic (exact) mass is 348 g/mol. The van der Waals surface area contributed by atoms with Gasteiger partial charge < -0.3 is 4.57 Å². The van der Waals surface area contributed by atoms with Gasteiger partial charge in [0, 0.05) is 12.8 Å². The van der Waals surface area contributed by atoms with Crippen molar-refractivity contribution in [3.05, 3.63) is 71.9 Å². The van der Waals surface area contributed by atoms with Crippen molar-refractivity contribution < 1.29 is 13.2 Å². The third-order valence-electron chi connectivity index (χ3n) is 3.66. The van der Waals surface area contributed by atoms with Crippen molar-refractivity contribution in [1.29, 1.82) is 0 Å². The Labute approximate surface area is 142 Å². The number of hydrogen-bond acceptors (Lipinski definition) is 2. The first-order valence-corrected chi connectivity index (χ1v) is 8.30. The lowest BCUT2D eigenvalue weighted by molar-refractivity contribution is -0.137. The Morgan fingerprint density at radius 2 is 1.67 bits per heavy atom. The van der Waals surface area contributed by atoms with Crippen LogP contribution in [0, 0.1) is 0 Å². The number of imidazole rings is 1. The number of rotatable bonds is 4. The summed E-state index contributed by atoms with van der Waals surface area (Å²) in [5, 5.41) is 0.828. The molecule has 3 aromatic rings. The average molecular weight is 348 g/mol. The number of alkyl halides is 3. The molecule has 0 aliphatic heterocycles. The summed E-state index contributed by atoms with van der Waals surface area (Å²) < 4.78 is 39.7. The average Bonchev–Trinajstić information content (AvgIpc) is 2.94. The van der Waals surface area contributed by atoms with E-state index in [1.165, 1.54) is 23.9 Å². The minimum absolute atomic E-state index is 0.567. The Hall–Kier alpha value is -2.21. The molecule has 2 nitrogen and oxygen atoms in total. The molecule has 0 bridgehead atoms. The molecular formula is C18H15F3N2S. The van der Waals surface area contributed by atoms with Crippen molar-refractivity contribution in [3.8, 4) is 11.3 Å². The van der Waals surface area contributed by atoms with E-state index in [1.807, 2.05) is 48.1 Å². The SMILES string of the molecule is Cn1c(-c2ccccc2)cnc1SCc1ccc(C(F)(F)F)cc1. The first-order chi connectivity index (χ1) is 11.4. The maximum absolute atomic E-state index is 12.6. The zero-order valence-electron chi connectivity index (χ0n) is 12.9. The summed E-state index contributed by atoms with van der Waals surface area (Å²) in [5.74, 6) is 0.567. The standard InChI is InChI=1S/C18H15F3N2S/c1-23-16(14-5-3-2-4-6-14)11-22-17(23)24-12-13-7-9-15(10-8-13)18(19,20)21/h2-11H,12H2,1H3. The summed E-state index contributed by atoms with van der Waals surface area (Å²) in [5.41, 5.74) is 2.29. The largest absolute Gasteiger partial charge is 0.416 e. The topological polar surface area (TPSA) is 17.8 Å². The number of nitrogens with zero attached hydrogens (tertiary/aromatic N) is 2. The van der Waals surface area contributed by atoms with Crippen LogP contribution in [0.5, 0.6) is 0 Å². The van der Waals surface area contributed by atoms with E-state index in [2.05, 4.69) is 4.98 Å². The Bertz CT molecular complexity index is 809. The summed E-state index contributed by atoms with van der Waals surface area (Å²) in [6, 6.07) is 15.2. The van der Waals surface area contributed by atoms with Gasteiger partial charge in [-0.05, 0) is 23.3 Å². The van der Waals surface area contributed by atoms with Crippen LogP contribution in [0.2, 0.25) is 0 Å². The van der Waals surface area contributed by atoms with Gasteiger partial charge >= 0.3 is 6.18 Å². The lowest BCUT2D eigenvalue weighted by Crippen LogP contribution is -2.04. The van der Waals surface area contributed by atoms with Gasteiger partial charge in [0.25, 0.3) is 0 Å². The quantitative estimate of drug-likeness (QED) is 0.588. The first-order valence-electron chi connectivity index (χ1n) is 7.31. The van der Waals surface area contributed by atoms with Crippen LogP contribution in [0.4, 0.5) is 13.2 Å². The zero-order valence-corrected chi connectivity index (χ0v) is 13.7. The number of thioether (sulfide) groups is 1. The molecule has 0 spiro atoms. The van der Waals surface area contributed by atoms with Gasteiger partial charge in [-0.15, -0.1) is 0 Å². The van der Waals surface area contributed by atoms with Crippen LogP contribution in [-0.2, 0) is 19.0 Å². The van der Waals surface area contributed by atoms with Crippen molar-refractivity contribution in [2.45, 2.75) is 17.1 Å². The van der Waals surface area contributed by atoms with E-state index in [0.717, 1.165) is 34.1 Å². The molecule has 124 valence electrons. The fourth-order valence-corrected chi connectivity index (χ4v) is 3.25. The van der Waals surface area contributed by atoms with Crippen molar-refractivity contribution in [1.82, 2.24) is 9.55 Å². The van der Waals surface area contributed by atoms with Crippen molar-refractivity contribution in [2.24, 2.45) is 7.05 Å². The Balaban J connectivity index is 1.71.